The molecule has 0 atom stereocenters. The van der Waals surface area contributed by atoms with Crippen molar-refractivity contribution in [2.75, 3.05) is 39.3 Å². The van der Waals surface area contributed by atoms with E-state index < -0.39 is 24.7 Å². The topological polar surface area (TPSA) is 45.5 Å². The van der Waals surface area contributed by atoms with Crippen LogP contribution in [0.3, 0.4) is 0 Å². The van der Waals surface area contributed by atoms with Gasteiger partial charge < -0.3 is 19.8 Å². The van der Waals surface area contributed by atoms with Crippen LogP contribution in [0.2, 0.25) is 58.9 Å². The van der Waals surface area contributed by atoms with Gasteiger partial charge in [-0.15, -0.1) is 19.6 Å². The molecule has 0 spiro atoms. The predicted molar refractivity (Wildman–Crippen MR) is 116 cm³/mol. The first-order chi connectivity index (χ1) is 10.8. The third-order valence-corrected chi connectivity index (χ3v) is 6.52. The summed E-state index contributed by atoms with van der Waals surface area (Å²) >= 11 is 1.45. The molecule has 0 radical (unpaired) electrons. The minimum atomic E-state index is -1.28. The Kier molecular flexibility index (Phi) is 14.9. The first-order valence-electron chi connectivity index (χ1n) is 8.80. The molecular weight excluding hydrogens is 428 g/mol. The van der Waals surface area contributed by atoms with Gasteiger partial charge in [0.2, 0.25) is 0 Å². The third kappa shape index (κ3) is 23.0. The van der Waals surface area contributed by atoms with Crippen LogP contribution in [0.4, 0.5) is 0 Å². The van der Waals surface area contributed by atoms with Gasteiger partial charge in [0.1, 0.15) is 0 Å². The van der Waals surface area contributed by atoms with Crippen LogP contribution in [-0.4, -0.2) is 68.9 Å². The van der Waals surface area contributed by atoms with Crippen LogP contribution < -0.4 is 0 Å². The van der Waals surface area contributed by atoms with E-state index in [4.69, 9.17) is 14.9 Å². The maximum atomic E-state index is 4.86. The Morgan fingerprint density at radius 1 is 0.583 bits per heavy atom. The second-order valence-electron chi connectivity index (χ2n) is 9.00. The molecule has 0 aromatic carbocycles. The van der Waals surface area contributed by atoms with E-state index in [9.17, 15) is 0 Å². The van der Waals surface area contributed by atoms with Crippen molar-refractivity contribution in [2.45, 2.75) is 58.9 Å². The molecule has 0 heterocycles. The van der Waals surface area contributed by atoms with Crippen LogP contribution in [0.5, 0.6) is 0 Å². The Morgan fingerprint density at radius 3 is 0.958 bits per heavy atom. The first kappa shape index (κ1) is 27.2. The van der Waals surface area contributed by atoms with E-state index in [1.165, 1.54) is 19.2 Å². The molecule has 0 aliphatic rings. The van der Waals surface area contributed by atoms with Gasteiger partial charge >= 0.3 is 23.9 Å². The Hall–Kier alpha value is 0.959. The Labute approximate surface area is 166 Å². The minimum absolute atomic E-state index is 0.968. The summed E-state index contributed by atoms with van der Waals surface area (Å²) in [5, 5.41) is 0. The standard InChI is InChI=1S/C15H39N4Si3.CH.Mo/c1-20(2,3)16-10-13-19(14-11-17-21(4,5)6)15-12-18-22(7,8)9;;/h10-15H2,1-9H3;1H;/q-3;;. The van der Waals surface area contributed by atoms with Gasteiger partial charge in [0, 0.05) is 0 Å². The average Bonchev–Trinajstić information content (AvgIpc) is 2.36. The van der Waals surface area contributed by atoms with E-state index in [0.29, 0.717) is 0 Å². The van der Waals surface area contributed by atoms with Gasteiger partial charge in [0.05, 0.1) is 0 Å². The average molecular weight is 469 g/mol. The summed E-state index contributed by atoms with van der Waals surface area (Å²) in [6, 6.07) is 0. The molecule has 4 nitrogen and oxygen atoms in total. The third-order valence-electron chi connectivity index (χ3n) is 3.01. The van der Waals surface area contributed by atoms with Crippen molar-refractivity contribution in [3.63, 3.8) is 0 Å². The van der Waals surface area contributed by atoms with Crippen molar-refractivity contribution < 1.29 is 19.2 Å². The van der Waals surface area contributed by atoms with Gasteiger partial charge in [-0.25, -0.2) is 0 Å². The number of hydrogen-bond acceptors (Lipinski definition) is 1. The van der Waals surface area contributed by atoms with Crippen molar-refractivity contribution in [1.82, 2.24) is 4.90 Å². The molecule has 0 aliphatic heterocycles. The molecule has 0 aliphatic carbocycles. The van der Waals surface area contributed by atoms with E-state index in [0.717, 1.165) is 39.3 Å². The van der Waals surface area contributed by atoms with Gasteiger partial charge in [0.25, 0.3) is 0 Å². The fraction of sp³-hybridized carbons (Fsp3) is 0.938. The zero-order valence-corrected chi connectivity index (χ0v) is 22.5. The molecule has 145 valence electrons. The quantitative estimate of drug-likeness (QED) is 0.370. The van der Waals surface area contributed by atoms with Crippen LogP contribution in [0.1, 0.15) is 0 Å². The first-order valence-corrected chi connectivity index (χ1v) is 20.3. The van der Waals surface area contributed by atoms with Crippen molar-refractivity contribution in [2.24, 2.45) is 0 Å². The SMILES string of the molecule is C[Si](C)(C)[N-]CCN(CC[N-][Si](C)(C)C)CC[N-][Si](C)(C)C.[CH]#[Mo]. The fourth-order valence-electron chi connectivity index (χ4n) is 1.92. The molecule has 0 amide bonds. The molecule has 0 aromatic heterocycles. The van der Waals surface area contributed by atoms with Crippen molar-refractivity contribution >= 4 is 24.7 Å². The van der Waals surface area contributed by atoms with E-state index >= 15 is 0 Å². The summed E-state index contributed by atoms with van der Waals surface area (Å²) < 4.78 is 4.51. The molecule has 0 rings (SSSR count). The fourth-order valence-corrected chi connectivity index (χ4v) is 4.23. The molecule has 0 bridgehead atoms. The molecule has 0 aromatic rings. The van der Waals surface area contributed by atoms with Gasteiger partial charge in [0.15, 0.2) is 0 Å². The molecule has 0 fully saturated rings. The molecule has 0 saturated carbocycles. The summed E-state index contributed by atoms with van der Waals surface area (Å²) in [7, 11) is -3.84. The van der Waals surface area contributed by atoms with Gasteiger partial charge in [-0.1, -0.05) is 83.6 Å². The summed E-state index contributed by atoms with van der Waals surface area (Å²) in [5.74, 6) is 0. The molecule has 24 heavy (non-hydrogen) atoms. The normalized spacial score (nSPS) is 12.8. The molecule has 8 heteroatoms. The van der Waals surface area contributed by atoms with Gasteiger partial charge in [-0.3, -0.25) is 0 Å². The van der Waals surface area contributed by atoms with E-state index in [1.54, 1.807) is 0 Å². The van der Waals surface area contributed by atoms with Crippen LogP contribution in [0.15, 0.2) is 0 Å². The molecule has 0 N–H and O–H groups in total. The van der Waals surface area contributed by atoms with E-state index in [1.807, 2.05) is 0 Å². The predicted octanol–water partition coefficient (Wildman–Crippen LogP) is 5.04. The number of rotatable bonds is 12. The Balaban J connectivity index is 0. The second kappa shape index (κ2) is 13.2. The van der Waals surface area contributed by atoms with Crippen molar-refractivity contribution in [3.05, 3.63) is 14.9 Å². The van der Waals surface area contributed by atoms with E-state index in [-0.39, 0.29) is 0 Å². The van der Waals surface area contributed by atoms with E-state index in [2.05, 4.69) is 68.5 Å². The Morgan fingerprint density at radius 2 is 0.792 bits per heavy atom. The molecular formula is C16H40MoN4Si3-3. The zero-order valence-electron chi connectivity index (χ0n) is 17.5. The Bertz CT molecular complexity index is 285. The summed E-state index contributed by atoms with van der Waals surface area (Å²) in [4.78, 5) is 17.1. The van der Waals surface area contributed by atoms with Crippen molar-refractivity contribution in [1.29, 1.82) is 0 Å². The maximum absolute atomic E-state index is 4.86. The monoisotopic (exact) mass is 470 g/mol. The summed E-state index contributed by atoms with van der Waals surface area (Å²) in [6.45, 7) is 26.8. The van der Waals surface area contributed by atoms with Crippen LogP contribution in [0.25, 0.3) is 14.9 Å². The molecule has 0 unspecified atom stereocenters. The van der Waals surface area contributed by atoms with Crippen molar-refractivity contribution in [3.8, 4) is 4.71 Å². The number of hydrogen-bond donors (Lipinski definition) is 0. The second-order valence-corrected chi connectivity index (χ2v) is 23.0. The molecule has 0 saturated heterocycles. The summed E-state index contributed by atoms with van der Waals surface area (Å²) in [6.07, 6.45) is 0. The van der Waals surface area contributed by atoms with Crippen LogP contribution in [-0.2, 0) is 19.2 Å². The van der Waals surface area contributed by atoms with Gasteiger partial charge in [-0.2, -0.15) is 0 Å². The summed E-state index contributed by atoms with van der Waals surface area (Å²) in [5.41, 5.74) is 0. The van der Waals surface area contributed by atoms with Gasteiger partial charge in [-0.05, 0) is 19.6 Å². The zero-order chi connectivity index (χ0) is 19.4. The van der Waals surface area contributed by atoms with Crippen LogP contribution >= 0.6 is 0 Å². The van der Waals surface area contributed by atoms with Crippen LogP contribution in [0, 0.1) is 4.71 Å². The number of nitrogens with zero attached hydrogens (tertiary/aromatic N) is 4.